The van der Waals surface area contributed by atoms with E-state index in [0.717, 1.165) is 12.8 Å². The van der Waals surface area contributed by atoms with Crippen LogP contribution in [0.15, 0.2) is 36.9 Å². The van der Waals surface area contributed by atoms with E-state index in [1.807, 2.05) is 6.08 Å². The van der Waals surface area contributed by atoms with E-state index in [4.69, 9.17) is 0 Å². The van der Waals surface area contributed by atoms with Crippen molar-refractivity contribution in [1.82, 2.24) is 0 Å². The molecule has 0 saturated carbocycles. The van der Waals surface area contributed by atoms with Crippen LogP contribution in [0.1, 0.15) is 37.3 Å². The zero-order valence-corrected chi connectivity index (χ0v) is 9.13. The lowest BCUT2D eigenvalue weighted by Crippen LogP contribution is -1.87. The number of unbranched alkanes of at least 4 members (excludes halogenated alkanes) is 1. The molecule has 0 amide bonds. The maximum absolute atomic E-state index is 3.73. The number of hydrogen-bond donors (Lipinski definition) is 0. The Morgan fingerprint density at radius 2 is 1.64 bits per heavy atom. The molecular formula is C14H20. The van der Waals surface area contributed by atoms with Gasteiger partial charge in [0, 0.05) is 0 Å². The van der Waals surface area contributed by atoms with E-state index in [1.165, 1.54) is 30.4 Å². The monoisotopic (exact) mass is 188 g/mol. The molecule has 0 aliphatic carbocycles. The molecule has 0 fully saturated rings. The summed E-state index contributed by atoms with van der Waals surface area (Å²) >= 11 is 0. The number of rotatable bonds is 6. The Morgan fingerprint density at radius 3 is 2.14 bits per heavy atom. The Labute approximate surface area is 87.7 Å². The first-order valence-corrected chi connectivity index (χ1v) is 5.55. The molecule has 0 radical (unpaired) electrons. The van der Waals surface area contributed by atoms with Gasteiger partial charge in [0.15, 0.2) is 0 Å². The fourth-order valence-electron chi connectivity index (χ4n) is 1.52. The van der Waals surface area contributed by atoms with Gasteiger partial charge >= 0.3 is 0 Å². The van der Waals surface area contributed by atoms with Crippen LogP contribution in [0.4, 0.5) is 0 Å². The van der Waals surface area contributed by atoms with E-state index >= 15 is 0 Å². The number of allylic oxidation sites excluding steroid dienone is 1. The van der Waals surface area contributed by atoms with Crippen LogP contribution in [-0.2, 0) is 12.8 Å². The van der Waals surface area contributed by atoms with Crippen LogP contribution in [-0.4, -0.2) is 0 Å². The van der Waals surface area contributed by atoms with E-state index in [9.17, 15) is 0 Å². The van der Waals surface area contributed by atoms with Gasteiger partial charge in [0.25, 0.3) is 0 Å². The molecule has 1 aromatic rings. The van der Waals surface area contributed by atoms with Crippen molar-refractivity contribution in [3.8, 4) is 0 Å². The van der Waals surface area contributed by atoms with Crippen molar-refractivity contribution in [2.24, 2.45) is 0 Å². The summed E-state index contributed by atoms with van der Waals surface area (Å²) in [5.74, 6) is 0. The average Bonchev–Trinajstić information content (AvgIpc) is 2.25. The summed E-state index contributed by atoms with van der Waals surface area (Å²) in [5, 5.41) is 0. The second-order valence-corrected chi connectivity index (χ2v) is 3.75. The predicted molar refractivity (Wildman–Crippen MR) is 63.6 cm³/mol. The largest absolute Gasteiger partial charge is 0.103 e. The van der Waals surface area contributed by atoms with Gasteiger partial charge in [-0.25, -0.2) is 0 Å². The highest BCUT2D eigenvalue weighted by atomic mass is 14.0. The minimum atomic E-state index is 1.08. The highest BCUT2D eigenvalue weighted by Crippen LogP contribution is 2.09. The van der Waals surface area contributed by atoms with Crippen molar-refractivity contribution >= 4 is 0 Å². The molecule has 0 bridgehead atoms. The predicted octanol–water partition coefficient (Wildman–Crippen LogP) is 4.15. The summed E-state index contributed by atoms with van der Waals surface area (Å²) in [7, 11) is 0. The van der Waals surface area contributed by atoms with Gasteiger partial charge in [0.1, 0.15) is 0 Å². The molecule has 0 spiro atoms. The molecule has 0 N–H and O–H groups in total. The van der Waals surface area contributed by atoms with Gasteiger partial charge in [-0.3, -0.25) is 0 Å². The molecule has 0 saturated heterocycles. The van der Waals surface area contributed by atoms with Crippen molar-refractivity contribution in [2.45, 2.75) is 39.0 Å². The van der Waals surface area contributed by atoms with Crippen molar-refractivity contribution in [3.05, 3.63) is 48.0 Å². The van der Waals surface area contributed by atoms with Gasteiger partial charge in [-0.1, -0.05) is 43.7 Å². The number of hydrogen-bond acceptors (Lipinski definition) is 0. The first kappa shape index (κ1) is 11.0. The molecule has 1 aromatic carbocycles. The van der Waals surface area contributed by atoms with Gasteiger partial charge in [-0.15, -0.1) is 6.58 Å². The average molecular weight is 188 g/mol. The van der Waals surface area contributed by atoms with Gasteiger partial charge in [0.2, 0.25) is 0 Å². The SMILES string of the molecule is C=CCCc1ccc(CCCC)cc1. The topological polar surface area (TPSA) is 0 Å². The van der Waals surface area contributed by atoms with Crippen LogP contribution >= 0.6 is 0 Å². The molecule has 0 heteroatoms. The fourth-order valence-corrected chi connectivity index (χ4v) is 1.52. The third kappa shape index (κ3) is 3.78. The van der Waals surface area contributed by atoms with Crippen LogP contribution in [0.2, 0.25) is 0 Å². The minimum absolute atomic E-state index is 1.08. The second-order valence-electron chi connectivity index (χ2n) is 3.75. The Morgan fingerprint density at radius 1 is 1.07 bits per heavy atom. The molecule has 0 nitrogen and oxygen atoms in total. The zero-order chi connectivity index (χ0) is 10.2. The smallest absolute Gasteiger partial charge is 0.0244 e. The first-order valence-electron chi connectivity index (χ1n) is 5.55. The summed E-state index contributed by atoms with van der Waals surface area (Å²) in [6.07, 6.45) is 7.97. The molecule has 0 aromatic heterocycles. The lowest BCUT2D eigenvalue weighted by molar-refractivity contribution is 0.794. The van der Waals surface area contributed by atoms with Gasteiger partial charge in [0.05, 0.1) is 0 Å². The Kier molecular flexibility index (Phi) is 5.06. The van der Waals surface area contributed by atoms with Crippen molar-refractivity contribution < 1.29 is 0 Å². The van der Waals surface area contributed by atoms with Gasteiger partial charge in [-0.05, 0) is 36.8 Å². The molecule has 0 aliphatic heterocycles. The van der Waals surface area contributed by atoms with E-state index in [0.29, 0.717) is 0 Å². The first-order chi connectivity index (χ1) is 6.86. The molecule has 0 aliphatic rings. The van der Waals surface area contributed by atoms with Gasteiger partial charge < -0.3 is 0 Å². The van der Waals surface area contributed by atoms with Crippen LogP contribution < -0.4 is 0 Å². The molecule has 76 valence electrons. The Balaban J connectivity index is 2.46. The fraction of sp³-hybridized carbons (Fsp3) is 0.429. The summed E-state index contributed by atoms with van der Waals surface area (Å²) in [5.41, 5.74) is 2.89. The highest BCUT2D eigenvalue weighted by molar-refractivity contribution is 5.22. The van der Waals surface area contributed by atoms with E-state index in [1.54, 1.807) is 0 Å². The third-order valence-electron chi connectivity index (χ3n) is 2.48. The molecule has 14 heavy (non-hydrogen) atoms. The standard InChI is InChI=1S/C14H20/c1-3-5-7-13-9-11-14(12-10-13)8-6-4-2/h3,9-12H,1,4-8H2,2H3. The molecular weight excluding hydrogens is 168 g/mol. The Hall–Kier alpha value is -1.04. The van der Waals surface area contributed by atoms with Gasteiger partial charge in [-0.2, -0.15) is 0 Å². The van der Waals surface area contributed by atoms with Crippen molar-refractivity contribution in [2.75, 3.05) is 0 Å². The third-order valence-corrected chi connectivity index (χ3v) is 2.48. The van der Waals surface area contributed by atoms with Crippen LogP contribution in [0.25, 0.3) is 0 Å². The zero-order valence-electron chi connectivity index (χ0n) is 9.13. The van der Waals surface area contributed by atoms with Crippen molar-refractivity contribution in [3.63, 3.8) is 0 Å². The lowest BCUT2D eigenvalue weighted by Gasteiger charge is -2.02. The second kappa shape index (κ2) is 6.42. The van der Waals surface area contributed by atoms with E-state index < -0.39 is 0 Å². The lowest BCUT2D eigenvalue weighted by atomic mass is 10.0. The molecule has 0 unspecified atom stereocenters. The van der Waals surface area contributed by atoms with Crippen LogP contribution in [0.3, 0.4) is 0 Å². The summed E-state index contributed by atoms with van der Waals surface area (Å²) < 4.78 is 0. The summed E-state index contributed by atoms with van der Waals surface area (Å²) in [4.78, 5) is 0. The summed E-state index contributed by atoms with van der Waals surface area (Å²) in [6.45, 7) is 5.97. The molecule has 0 heterocycles. The number of benzene rings is 1. The molecule has 1 rings (SSSR count). The maximum Gasteiger partial charge on any atom is -0.0244 e. The van der Waals surface area contributed by atoms with Crippen LogP contribution in [0.5, 0.6) is 0 Å². The molecule has 0 atom stereocenters. The van der Waals surface area contributed by atoms with Crippen LogP contribution in [0, 0.1) is 0 Å². The summed E-state index contributed by atoms with van der Waals surface area (Å²) in [6, 6.07) is 9.01. The maximum atomic E-state index is 3.73. The van der Waals surface area contributed by atoms with E-state index in [2.05, 4.69) is 37.8 Å². The Bertz CT molecular complexity index is 256. The minimum Gasteiger partial charge on any atom is -0.103 e. The normalized spacial score (nSPS) is 10.1. The van der Waals surface area contributed by atoms with Crippen molar-refractivity contribution in [1.29, 1.82) is 0 Å². The van der Waals surface area contributed by atoms with E-state index in [-0.39, 0.29) is 0 Å². The highest BCUT2D eigenvalue weighted by Gasteiger charge is 1.93. The quantitative estimate of drug-likeness (QED) is 0.588. The number of aryl methyl sites for hydroxylation is 2.